The van der Waals surface area contributed by atoms with Crippen molar-refractivity contribution in [1.29, 1.82) is 0 Å². The molecule has 2 aromatic carbocycles. The van der Waals surface area contributed by atoms with E-state index in [-0.39, 0.29) is 11.3 Å². The maximum Gasteiger partial charge on any atom is 0.373 e. The zero-order valence-corrected chi connectivity index (χ0v) is 20.9. The number of aryl methyl sites for hydroxylation is 2. The first-order chi connectivity index (χ1) is 17.1. The molecule has 36 heavy (non-hydrogen) atoms. The van der Waals surface area contributed by atoms with E-state index in [2.05, 4.69) is 25.6 Å². The number of aliphatic hydroxyl groups is 1. The Labute approximate surface area is 207 Å². The molecule has 6 N–H and O–H groups in total. The van der Waals surface area contributed by atoms with Crippen LogP contribution >= 0.6 is 16.1 Å². The van der Waals surface area contributed by atoms with Crippen LogP contribution in [0.5, 0.6) is 5.75 Å². The van der Waals surface area contributed by atoms with Crippen LogP contribution in [0, 0.1) is 0 Å². The quantitative estimate of drug-likeness (QED) is 0.165. The highest BCUT2D eigenvalue weighted by Gasteiger charge is 2.48. The monoisotopic (exact) mass is 530 g/mol. The highest BCUT2D eigenvalue weighted by Crippen LogP contribution is 2.61. The predicted molar refractivity (Wildman–Crippen MR) is 135 cm³/mol. The van der Waals surface area contributed by atoms with Crippen molar-refractivity contribution >= 4 is 44.7 Å². The van der Waals surface area contributed by atoms with Gasteiger partial charge in [0.1, 0.15) is 5.75 Å². The number of aromatic nitrogens is 4. The minimum atomic E-state index is -5.11. The van der Waals surface area contributed by atoms with Gasteiger partial charge in [0.05, 0.1) is 6.33 Å². The summed E-state index contributed by atoms with van der Waals surface area (Å²) in [7, 11) is -6.23. The Balaban J connectivity index is 1.64. The van der Waals surface area contributed by atoms with E-state index < -0.39 is 21.1 Å². The molecule has 4 aromatic rings. The molecule has 0 fully saturated rings. The minimum Gasteiger partial charge on any atom is -0.508 e. The second-order valence-corrected chi connectivity index (χ2v) is 10.8. The normalized spacial score (nSPS) is 13.6. The summed E-state index contributed by atoms with van der Waals surface area (Å²) in [6, 6.07) is 12.5. The topological polar surface area (TPSA) is 183 Å². The average Bonchev–Trinajstić information content (AvgIpc) is 3.25. The first-order valence-corrected chi connectivity index (χ1v) is 13.3. The fourth-order valence-electron chi connectivity index (χ4n) is 3.58. The highest BCUT2D eigenvalue weighted by atomic mass is 31.2. The number of phenolic OH excluding ortho intramolecular Hbond substituents is 1. The van der Waals surface area contributed by atoms with Crippen LogP contribution in [0.4, 0.5) is 17.5 Å². The van der Waals surface area contributed by atoms with E-state index in [1.807, 2.05) is 17.6 Å². The molecule has 0 aliphatic heterocycles. The van der Waals surface area contributed by atoms with Crippen LogP contribution in [-0.4, -0.2) is 46.1 Å². The van der Waals surface area contributed by atoms with Crippen molar-refractivity contribution in [2.75, 3.05) is 17.2 Å². The summed E-state index contributed by atoms with van der Waals surface area (Å²) in [5.74, 6) is 0.975. The largest absolute Gasteiger partial charge is 0.508 e. The van der Waals surface area contributed by atoms with Crippen molar-refractivity contribution < 1.29 is 29.1 Å². The van der Waals surface area contributed by atoms with Gasteiger partial charge in [0.25, 0.3) is 5.08 Å². The zero-order valence-electron chi connectivity index (χ0n) is 19.1. The summed E-state index contributed by atoms with van der Waals surface area (Å²) < 4.78 is 24.9. The van der Waals surface area contributed by atoms with Crippen molar-refractivity contribution in [3.05, 3.63) is 66.0 Å². The van der Waals surface area contributed by atoms with Gasteiger partial charge in [0.15, 0.2) is 17.0 Å². The Hall–Kier alpha value is -3.40. The lowest BCUT2D eigenvalue weighted by atomic mass is 10.1. The van der Waals surface area contributed by atoms with Crippen molar-refractivity contribution in [3.8, 4) is 5.75 Å². The van der Waals surface area contributed by atoms with Crippen LogP contribution in [0.15, 0.2) is 54.9 Å². The molecule has 14 heteroatoms. The summed E-state index contributed by atoms with van der Waals surface area (Å²) >= 11 is 0. The SMILES string of the molecule is CCNc1nc(Nc2ccc(C(O)(P=O)P(=O)(O)O)cc2)c2ncn(CCc3cccc(O)c3)c2n1. The van der Waals surface area contributed by atoms with Crippen LogP contribution in [0.3, 0.4) is 0 Å². The van der Waals surface area contributed by atoms with Gasteiger partial charge in [-0.3, -0.25) is 9.13 Å². The van der Waals surface area contributed by atoms with Gasteiger partial charge >= 0.3 is 7.60 Å². The number of hydrogen-bond acceptors (Lipinski definition) is 9. The van der Waals surface area contributed by atoms with Crippen molar-refractivity contribution in [2.45, 2.75) is 25.0 Å². The molecule has 0 saturated carbocycles. The van der Waals surface area contributed by atoms with Gasteiger partial charge in [-0.05, 0) is 43.2 Å². The van der Waals surface area contributed by atoms with E-state index in [9.17, 15) is 29.1 Å². The molecule has 0 amide bonds. The molecule has 0 spiro atoms. The zero-order chi connectivity index (χ0) is 25.9. The van der Waals surface area contributed by atoms with Crippen molar-refractivity contribution in [3.63, 3.8) is 0 Å². The number of aromatic hydroxyl groups is 1. The van der Waals surface area contributed by atoms with Gasteiger partial charge in [-0.15, -0.1) is 0 Å². The molecule has 1 atom stereocenters. The van der Waals surface area contributed by atoms with Crippen LogP contribution < -0.4 is 10.6 Å². The number of imidazole rings is 1. The lowest BCUT2D eigenvalue weighted by Gasteiger charge is -2.22. The van der Waals surface area contributed by atoms with Gasteiger partial charge < -0.3 is 35.2 Å². The fourth-order valence-corrected chi connectivity index (χ4v) is 4.75. The average molecular weight is 530 g/mol. The number of nitrogens with zero attached hydrogens (tertiary/aromatic N) is 4. The lowest BCUT2D eigenvalue weighted by molar-refractivity contribution is 0.168. The third-order valence-electron chi connectivity index (χ3n) is 5.42. The first kappa shape index (κ1) is 25.7. The number of anilines is 3. The van der Waals surface area contributed by atoms with E-state index in [1.165, 1.54) is 24.3 Å². The Kier molecular flexibility index (Phi) is 7.35. The smallest absolute Gasteiger partial charge is 0.373 e. The molecular formula is C22H24N6O6P2. The molecule has 0 radical (unpaired) electrons. The van der Waals surface area contributed by atoms with Gasteiger partial charge in [-0.25, -0.2) is 4.98 Å². The second-order valence-electron chi connectivity index (χ2n) is 7.93. The number of fused-ring (bicyclic) bond motifs is 1. The number of hydrogen-bond donors (Lipinski definition) is 6. The molecule has 0 aliphatic rings. The van der Waals surface area contributed by atoms with Crippen molar-refractivity contribution in [2.24, 2.45) is 0 Å². The van der Waals surface area contributed by atoms with E-state index in [0.29, 0.717) is 48.1 Å². The maximum absolute atomic E-state index is 11.6. The molecule has 2 aromatic heterocycles. The van der Waals surface area contributed by atoms with Gasteiger partial charge in [0, 0.05) is 24.3 Å². The van der Waals surface area contributed by atoms with E-state index in [0.717, 1.165) is 5.56 Å². The molecule has 2 heterocycles. The fraction of sp³-hybridized carbons (Fsp3) is 0.227. The lowest BCUT2D eigenvalue weighted by Crippen LogP contribution is -2.18. The van der Waals surface area contributed by atoms with Crippen LogP contribution in [0.2, 0.25) is 0 Å². The molecular weight excluding hydrogens is 506 g/mol. The molecule has 0 bridgehead atoms. The van der Waals surface area contributed by atoms with Gasteiger partial charge in [-0.2, -0.15) is 9.97 Å². The summed E-state index contributed by atoms with van der Waals surface area (Å²) in [5, 5.41) is 23.3. The highest BCUT2D eigenvalue weighted by molar-refractivity contribution is 7.62. The van der Waals surface area contributed by atoms with E-state index in [4.69, 9.17) is 0 Å². The molecule has 0 aliphatic carbocycles. The third kappa shape index (κ3) is 5.23. The standard InChI is InChI=1S/C22H24N6O6P2/c1-2-23-21-26-19(25-16-8-6-15(7-9-16)22(30,35-31)36(32,33)34)18-20(27-21)28(13-24-18)11-10-14-4-3-5-17(29)12-14/h3-9,12-13,29-30H,2,10-11H2,1H3,(H2,32,33,34)(H2,23,25,26,27). The summed E-state index contributed by atoms with van der Waals surface area (Å²) in [4.78, 5) is 32.4. The van der Waals surface area contributed by atoms with E-state index >= 15 is 0 Å². The Morgan fingerprint density at radius 2 is 1.89 bits per heavy atom. The number of nitrogens with one attached hydrogen (secondary N) is 2. The second kappa shape index (κ2) is 10.3. The first-order valence-electron chi connectivity index (χ1n) is 10.9. The molecule has 4 rings (SSSR count). The number of phenols is 1. The summed E-state index contributed by atoms with van der Waals surface area (Å²) in [5.41, 5.74) is 2.34. The third-order valence-corrected chi connectivity index (χ3v) is 8.03. The summed E-state index contributed by atoms with van der Waals surface area (Å²) in [6.07, 6.45) is 2.30. The number of rotatable bonds is 10. The van der Waals surface area contributed by atoms with Crippen LogP contribution in [-0.2, 0) is 27.2 Å². The van der Waals surface area contributed by atoms with Crippen molar-refractivity contribution in [1.82, 2.24) is 19.5 Å². The Morgan fingerprint density at radius 1 is 1.14 bits per heavy atom. The number of benzene rings is 2. The van der Waals surface area contributed by atoms with E-state index in [1.54, 1.807) is 24.5 Å². The molecule has 1 unspecified atom stereocenters. The maximum atomic E-state index is 11.6. The van der Waals surface area contributed by atoms with Gasteiger partial charge in [-0.1, -0.05) is 24.3 Å². The molecule has 0 saturated heterocycles. The Morgan fingerprint density at radius 3 is 2.53 bits per heavy atom. The summed E-state index contributed by atoms with van der Waals surface area (Å²) in [6.45, 7) is 3.06. The minimum absolute atomic E-state index is 0.199. The Bertz CT molecular complexity index is 1440. The van der Waals surface area contributed by atoms with Crippen LogP contribution in [0.1, 0.15) is 18.1 Å². The molecule has 12 nitrogen and oxygen atoms in total. The van der Waals surface area contributed by atoms with Gasteiger partial charge in [0.2, 0.25) is 14.4 Å². The predicted octanol–water partition coefficient (Wildman–Crippen LogP) is 3.52. The molecule has 188 valence electrons. The van der Waals surface area contributed by atoms with Crippen LogP contribution in [0.25, 0.3) is 11.2 Å².